The maximum Gasteiger partial charge on any atom is 0.327 e. The van der Waals surface area contributed by atoms with Crippen molar-refractivity contribution >= 4 is 5.97 Å². The first-order valence-electron chi connectivity index (χ1n) is 3.34. The molecule has 0 heterocycles. The molecule has 0 aliphatic heterocycles. The van der Waals surface area contributed by atoms with Crippen LogP contribution in [0.1, 0.15) is 6.92 Å². The number of hydrogen-bond donors (Lipinski definition) is 0. The Morgan fingerprint density at radius 1 is 1.58 bits per heavy atom. The molecule has 12 heavy (non-hydrogen) atoms. The minimum Gasteiger partial charge on any atom is -0.504 e. The molecule has 1 unspecified atom stereocenters. The molecular formula is C8H11NO3. The summed E-state index contributed by atoms with van der Waals surface area (Å²) in [6.45, 7) is 1.63. The fourth-order valence-electron chi connectivity index (χ4n) is 0.712. The second kappa shape index (κ2) is 5.19. The van der Waals surface area contributed by atoms with Crippen LogP contribution in [-0.4, -0.2) is 20.2 Å². The highest BCUT2D eigenvalue weighted by atomic mass is 16.5. The van der Waals surface area contributed by atoms with E-state index < -0.39 is 11.9 Å². The molecule has 0 fully saturated rings. The predicted molar refractivity (Wildman–Crippen MR) is 41.9 cm³/mol. The van der Waals surface area contributed by atoms with E-state index in [2.05, 4.69) is 9.47 Å². The molecule has 1 atom stereocenters. The van der Waals surface area contributed by atoms with Crippen LogP contribution in [0, 0.1) is 17.2 Å². The van der Waals surface area contributed by atoms with Gasteiger partial charge in [-0.15, -0.1) is 0 Å². The zero-order valence-corrected chi connectivity index (χ0v) is 7.33. The van der Waals surface area contributed by atoms with E-state index in [1.54, 1.807) is 6.92 Å². The third-order valence-electron chi connectivity index (χ3n) is 1.33. The molecule has 0 aliphatic rings. The quantitative estimate of drug-likeness (QED) is 0.464. The van der Waals surface area contributed by atoms with Crippen molar-refractivity contribution in [1.29, 1.82) is 5.26 Å². The van der Waals surface area contributed by atoms with E-state index >= 15 is 0 Å². The summed E-state index contributed by atoms with van der Waals surface area (Å²) in [6, 6.07) is 1.81. The Bertz CT molecular complexity index is 227. The Morgan fingerprint density at radius 3 is 2.50 bits per heavy atom. The summed E-state index contributed by atoms with van der Waals surface area (Å²) in [5, 5.41) is 8.58. The molecular weight excluding hydrogens is 158 g/mol. The van der Waals surface area contributed by atoms with Crippen LogP contribution in [0.25, 0.3) is 0 Å². The summed E-state index contributed by atoms with van der Waals surface area (Å²) in [6.07, 6.45) is 1.35. The van der Waals surface area contributed by atoms with Gasteiger partial charge in [-0.1, -0.05) is 0 Å². The van der Waals surface area contributed by atoms with Gasteiger partial charge in [0.2, 0.25) is 0 Å². The van der Waals surface area contributed by atoms with Crippen molar-refractivity contribution in [3.63, 3.8) is 0 Å². The molecule has 66 valence electrons. The van der Waals surface area contributed by atoms with Crippen LogP contribution in [0.4, 0.5) is 0 Å². The molecule has 0 rings (SSSR count). The molecule has 0 aromatic heterocycles. The molecule has 0 saturated heterocycles. The highest BCUT2D eigenvalue weighted by molar-refractivity contribution is 5.78. The number of ether oxygens (including phenoxy) is 2. The van der Waals surface area contributed by atoms with E-state index in [1.807, 2.05) is 6.07 Å². The average molecular weight is 169 g/mol. The van der Waals surface area contributed by atoms with Gasteiger partial charge >= 0.3 is 5.97 Å². The van der Waals surface area contributed by atoms with Crippen LogP contribution < -0.4 is 0 Å². The summed E-state index contributed by atoms with van der Waals surface area (Å²) in [7, 11) is 2.70. The second-order valence-corrected chi connectivity index (χ2v) is 2.18. The van der Waals surface area contributed by atoms with Gasteiger partial charge in [0.15, 0.2) is 5.92 Å². The molecule has 0 spiro atoms. The highest BCUT2D eigenvalue weighted by Gasteiger charge is 2.20. The first kappa shape index (κ1) is 10.5. The summed E-state index contributed by atoms with van der Waals surface area (Å²) in [4.78, 5) is 10.9. The maximum atomic E-state index is 10.9. The minimum absolute atomic E-state index is 0.534. The lowest BCUT2D eigenvalue weighted by molar-refractivity contribution is -0.142. The number of methoxy groups -OCH3 is 2. The van der Waals surface area contributed by atoms with E-state index in [0.717, 1.165) is 0 Å². The SMILES string of the molecule is CO/C=C(\C)C(C#N)C(=O)OC. The molecule has 0 radical (unpaired) electrons. The van der Waals surface area contributed by atoms with Crippen LogP contribution in [0.3, 0.4) is 0 Å². The van der Waals surface area contributed by atoms with E-state index in [1.165, 1.54) is 20.5 Å². The summed E-state index contributed by atoms with van der Waals surface area (Å²) >= 11 is 0. The average Bonchev–Trinajstić information content (AvgIpc) is 2.06. The van der Waals surface area contributed by atoms with Gasteiger partial charge < -0.3 is 9.47 Å². The molecule has 0 aromatic carbocycles. The van der Waals surface area contributed by atoms with E-state index in [9.17, 15) is 4.79 Å². The lowest BCUT2D eigenvalue weighted by atomic mass is 10.0. The van der Waals surface area contributed by atoms with Crippen molar-refractivity contribution in [1.82, 2.24) is 0 Å². The van der Waals surface area contributed by atoms with Gasteiger partial charge in [0.05, 0.1) is 26.6 Å². The van der Waals surface area contributed by atoms with Gasteiger partial charge in [0.25, 0.3) is 0 Å². The molecule has 0 aromatic rings. The summed E-state index contributed by atoms with van der Waals surface area (Å²) < 4.78 is 9.07. The number of nitriles is 1. The minimum atomic E-state index is -0.866. The van der Waals surface area contributed by atoms with Gasteiger partial charge in [0, 0.05) is 0 Å². The molecule has 0 amide bonds. The monoisotopic (exact) mass is 169 g/mol. The van der Waals surface area contributed by atoms with Gasteiger partial charge in [-0.05, 0) is 12.5 Å². The predicted octanol–water partition coefficient (Wildman–Crippen LogP) is 0.849. The molecule has 4 nitrogen and oxygen atoms in total. The zero-order valence-electron chi connectivity index (χ0n) is 7.33. The first-order chi connectivity index (χ1) is 5.67. The number of rotatable bonds is 3. The lowest BCUT2D eigenvalue weighted by Gasteiger charge is -2.05. The molecule has 0 saturated carbocycles. The largest absolute Gasteiger partial charge is 0.504 e. The lowest BCUT2D eigenvalue weighted by Crippen LogP contribution is -2.15. The third kappa shape index (κ3) is 2.62. The van der Waals surface area contributed by atoms with Crippen LogP contribution in [0.2, 0.25) is 0 Å². The number of esters is 1. The van der Waals surface area contributed by atoms with Crippen LogP contribution in [-0.2, 0) is 14.3 Å². The topological polar surface area (TPSA) is 59.3 Å². The number of carbonyl (C=O) groups excluding carboxylic acids is 1. The van der Waals surface area contributed by atoms with Gasteiger partial charge in [0.1, 0.15) is 0 Å². The molecule has 0 N–H and O–H groups in total. The Hall–Kier alpha value is -1.50. The molecule has 0 aliphatic carbocycles. The number of nitrogens with zero attached hydrogens (tertiary/aromatic N) is 1. The van der Waals surface area contributed by atoms with Crippen molar-refractivity contribution in [2.75, 3.05) is 14.2 Å². The zero-order chi connectivity index (χ0) is 9.56. The first-order valence-corrected chi connectivity index (χ1v) is 3.34. The third-order valence-corrected chi connectivity index (χ3v) is 1.33. The van der Waals surface area contributed by atoms with Crippen LogP contribution in [0.15, 0.2) is 11.8 Å². The molecule has 0 bridgehead atoms. The molecule has 4 heteroatoms. The normalized spacial score (nSPS) is 13.0. The van der Waals surface area contributed by atoms with Crippen molar-refractivity contribution < 1.29 is 14.3 Å². The Morgan fingerprint density at radius 2 is 2.17 bits per heavy atom. The summed E-state index contributed by atoms with van der Waals surface area (Å²) in [5.41, 5.74) is 0.534. The van der Waals surface area contributed by atoms with E-state index in [0.29, 0.717) is 5.57 Å². The fourth-order valence-corrected chi connectivity index (χ4v) is 0.712. The summed E-state index contributed by atoms with van der Waals surface area (Å²) in [5.74, 6) is -1.43. The van der Waals surface area contributed by atoms with Crippen molar-refractivity contribution in [2.24, 2.45) is 5.92 Å². The van der Waals surface area contributed by atoms with Crippen molar-refractivity contribution in [3.05, 3.63) is 11.8 Å². The van der Waals surface area contributed by atoms with Gasteiger partial charge in [-0.25, -0.2) is 0 Å². The number of carbonyl (C=O) groups is 1. The van der Waals surface area contributed by atoms with E-state index in [4.69, 9.17) is 5.26 Å². The van der Waals surface area contributed by atoms with Gasteiger partial charge in [-0.3, -0.25) is 4.79 Å². The van der Waals surface area contributed by atoms with E-state index in [-0.39, 0.29) is 0 Å². The highest BCUT2D eigenvalue weighted by Crippen LogP contribution is 2.10. The smallest absolute Gasteiger partial charge is 0.327 e. The van der Waals surface area contributed by atoms with Crippen molar-refractivity contribution in [2.45, 2.75) is 6.92 Å². The standard InChI is InChI=1S/C8H11NO3/c1-6(5-11-2)7(4-9)8(10)12-3/h5,7H,1-3H3/b6-5+. The van der Waals surface area contributed by atoms with Crippen LogP contribution in [0.5, 0.6) is 0 Å². The fraction of sp³-hybridized carbons (Fsp3) is 0.500. The van der Waals surface area contributed by atoms with Gasteiger partial charge in [-0.2, -0.15) is 5.26 Å². The Labute approximate surface area is 71.4 Å². The number of hydrogen-bond acceptors (Lipinski definition) is 4. The Kier molecular flexibility index (Phi) is 4.54. The maximum absolute atomic E-state index is 10.9. The van der Waals surface area contributed by atoms with Crippen LogP contribution >= 0.6 is 0 Å². The second-order valence-electron chi connectivity index (χ2n) is 2.18. The van der Waals surface area contributed by atoms with Crippen molar-refractivity contribution in [3.8, 4) is 6.07 Å². The Balaban J connectivity index is 4.48.